The highest BCUT2D eigenvalue weighted by molar-refractivity contribution is 8.01. The van der Waals surface area contributed by atoms with Crippen LogP contribution in [0.2, 0.25) is 0 Å². The van der Waals surface area contributed by atoms with Gasteiger partial charge in [-0.15, -0.1) is 11.8 Å². The van der Waals surface area contributed by atoms with Gasteiger partial charge in [0.05, 0.1) is 12.4 Å². The van der Waals surface area contributed by atoms with E-state index in [0.717, 1.165) is 45.9 Å². The van der Waals surface area contributed by atoms with Crippen molar-refractivity contribution in [2.75, 3.05) is 51.7 Å². The molecule has 0 aromatic rings. The standard InChI is InChI=1S/C15H28N2O2S/c1-15(2,3)20-12-14(18)17-7-5-16(6-8-17)10-13-4-9-19-11-13/h13H,4-12H2,1-3H3/t13-/m0/s1. The molecule has 0 saturated carbocycles. The van der Waals surface area contributed by atoms with Crippen molar-refractivity contribution in [3.05, 3.63) is 0 Å². The largest absolute Gasteiger partial charge is 0.381 e. The van der Waals surface area contributed by atoms with E-state index in [1.165, 1.54) is 6.42 Å². The Morgan fingerprint density at radius 3 is 2.50 bits per heavy atom. The Kier molecular flexibility index (Phi) is 5.75. The van der Waals surface area contributed by atoms with Gasteiger partial charge in [0.25, 0.3) is 0 Å². The molecule has 5 heteroatoms. The molecule has 2 saturated heterocycles. The quantitative estimate of drug-likeness (QED) is 0.791. The zero-order chi connectivity index (χ0) is 14.6. The Bertz CT molecular complexity index is 316. The van der Waals surface area contributed by atoms with Gasteiger partial charge in [0.15, 0.2) is 0 Å². The molecule has 1 amide bonds. The molecule has 0 unspecified atom stereocenters. The van der Waals surface area contributed by atoms with E-state index >= 15 is 0 Å². The maximum absolute atomic E-state index is 12.2. The third-order valence-electron chi connectivity index (χ3n) is 3.89. The number of amides is 1. The molecule has 116 valence electrons. The fourth-order valence-corrected chi connectivity index (χ4v) is 3.38. The lowest BCUT2D eigenvalue weighted by Crippen LogP contribution is -2.50. The van der Waals surface area contributed by atoms with Crippen LogP contribution in [0.4, 0.5) is 0 Å². The summed E-state index contributed by atoms with van der Waals surface area (Å²) in [5.74, 6) is 1.61. The van der Waals surface area contributed by atoms with Crippen molar-refractivity contribution in [2.24, 2.45) is 5.92 Å². The second-order valence-electron chi connectivity index (χ2n) is 6.81. The first-order valence-electron chi connectivity index (χ1n) is 7.66. The van der Waals surface area contributed by atoms with Crippen LogP contribution in [0.3, 0.4) is 0 Å². The molecular formula is C15H28N2O2S. The van der Waals surface area contributed by atoms with E-state index in [1.807, 2.05) is 4.90 Å². The fourth-order valence-electron chi connectivity index (χ4n) is 2.64. The topological polar surface area (TPSA) is 32.8 Å². The van der Waals surface area contributed by atoms with Gasteiger partial charge in [-0.3, -0.25) is 9.69 Å². The molecule has 4 nitrogen and oxygen atoms in total. The lowest BCUT2D eigenvalue weighted by atomic mass is 10.1. The predicted molar refractivity (Wildman–Crippen MR) is 84.2 cm³/mol. The number of carbonyl (C=O) groups is 1. The summed E-state index contributed by atoms with van der Waals surface area (Å²) in [4.78, 5) is 16.7. The summed E-state index contributed by atoms with van der Waals surface area (Å²) in [6.45, 7) is 13.3. The van der Waals surface area contributed by atoms with Gasteiger partial charge < -0.3 is 9.64 Å². The third-order valence-corrected chi connectivity index (χ3v) is 5.15. The van der Waals surface area contributed by atoms with E-state index < -0.39 is 0 Å². The van der Waals surface area contributed by atoms with Gasteiger partial charge in [0.1, 0.15) is 0 Å². The van der Waals surface area contributed by atoms with Gasteiger partial charge in [-0.05, 0) is 12.3 Å². The molecule has 0 aromatic heterocycles. The van der Waals surface area contributed by atoms with E-state index in [1.54, 1.807) is 11.8 Å². The van der Waals surface area contributed by atoms with Crippen LogP contribution in [0.1, 0.15) is 27.2 Å². The van der Waals surface area contributed by atoms with Gasteiger partial charge in [-0.1, -0.05) is 20.8 Å². The van der Waals surface area contributed by atoms with Gasteiger partial charge in [0, 0.05) is 44.1 Å². The molecule has 2 heterocycles. The smallest absolute Gasteiger partial charge is 0.232 e. The Morgan fingerprint density at radius 1 is 1.25 bits per heavy atom. The number of ether oxygens (including phenoxy) is 1. The summed E-state index contributed by atoms with van der Waals surface area (Å²) in [7, 11) is 0. The second kappa shape index (κ2) is 7.14. The zero-order valence-electron chi connectivity index (χ0n) is 13.1. The van der Waals surface area contributed by atoms with Gasteiger partial charge in [0.2, 0.25) is 5.91 Å². The molecule has 0 radical (unpaired) electrons. The van der Waals surface area contributed by atoms with Crippen LogP contribution in [0.15, 0.2) is 0 Å². The van der Waals surface area contributed by atoms with Crippen molar-refractivity contribution in [1.82, 2.24) is 9.80 Å². The van der Waals surface area contributed by atoms with Crippen molar-refractivity contribution in [3.63, 3.8) is 0 Å². The molecule has 0 aliphatic carbocycles. The minimum Gasteiger partial charge on any atom is -0.381 e. The van der Waals surface area contributed by atoms with E-state index in [9.17, 15) is 4.79 Å². The average Bonchev–Trinajstić information content (AvgIpc) is 2.89. The molecular weight excluding hydrogens is 272 g/mol. The summed E-state index contributed by atoms with van der Waals surface area (Å²) >= 11 is 1.74. The molecule has 2 rings (SSSR count). The number of carbonyl (C=O) groups excluding carboxylic acids is 1. The van der Waals surface area contributed by atoms with Crippen molar-refractivity contribution in [2.45, 2.75) is 31.9 Å². The molecule has 1 atom stereocenters. The molecule has 0 bridgehead atoms. The highest BCUT2D eigenvalue weighted by Crippen LogP contribution is 2.23. The summed E-state index contributed by atoms with van der Waals surface area (Å²) in [6, 6.07) is 0. The molecule has 20 heavy (non-hydrogen) atoms. The lowest BCUT2D eigenvalue weighted by Gasteiger charge is -2.36. The number of hydrogen-bond acceptors (Lipinski definition) is 4. The molecule has 2 aliphatic heterocycles. The molecule has 0 spiro atoms. The Morgan fingerprint density at radius 2 is 1.95 bits per heavy atom. The number of thioether (sulfide) groups is 1. The molecule has 2 aliphatic rings. The van der Waals surface area contributed by atoms with E-state index in [2.05, 4.69) is 25.7 Å². The Labute approximate surface area is 127 Å². The first kappa shape index (κ1) is 16.1. The van der Waals surface area contributed by atoms with Crippen LogP contribution in [0.25, 0.3) is 0 Å². The number of nitrogens with zero attached hydrogens (tertiary/aromatic N) is 2. The monoisotopic (exact) mass is 300 g/mol. The Hall–Kier alpha value is -0.260. The highest BCUT2D eigenvalue weighted by Gasteiger charge is 2.25. The van der Waals surface area contributed by atoms with Crippen LogP contribution < -0.4 is 0 Å². The normalized spacial score (nSPS) is 25.1. The summed E-state index contributed by atoms with van der Waals surface area (Å²) < 4.78 is 5.59. The summed E-state index contributed by atoms with van der Waals surface area (Å²) in [6.07, 6.45) is 1.20. The highest BCUT2D eigenvalue weighted by atomic mass is 32.2. The van der Waals surface area contributed by atoms with Crippen LogP contribution in [0.5, 0.6) is 0 Å². The fraction of sp³-hybridized carbons (Fsp3) is 0.933. The van der Waals surface area contributed by atoms with Gasteiger partial charge >= 0.3 is 0 Å². The number of piperazine rings is 1. The first-order chi connectivity index (χ1) is 9.44. The zero-order valence-corrected chi connectivity index (χ0v) is 13.9. The van der Waals surface area contributed by atoms with Crippen molar-refractivity contribution in [1.29, 1.82) is 0 Å². The van der Waals surface area contributed by atoms with Crippen LogP contribution in [0, 0.1) is 5.92 Å². The van der Waals surface area contributed by atoms with Crippen molar-refractivity contribution >= 4 is 17.7 Å². The molecule has 0 aromatic carbocycles. The van der Waals surface area contributed by atoms with Crippen LogP contribution >= 0.6 is 11.8 Å². The third kappa shape index (κ3) is 5.26. The molecule has 0 N–H and O–H groups in total. The average molecular weight is 300 g/mol. The van der Waals surface area contributed by atoms with Crippen LogP contribution in [-0.2, 0) is 9.53 Å². The maximum Gasteiger partial charge on any atom is 0.232 e. The summed E-state index contributed by atoms with van der Waals surface area (Å²) in [5, 5.41) is 0. The summed E-state index contributed by atoms with van der Waals surface area (Å²) in [5.41, 5.74) is 0. The Balaban J connectivity index is 1.66. The number of hydrogen-bond donors (Lipinski definition) is 0. The molecule has 2 fully saturated rings. The van der Waals surface area contributed by atoms with Crippen molar-refractivity contribution in [3.8, 4) is 0 Å². The SMILES string of the molecule is CC(C)(C)SCC(=O)N1CCN(C[C@@H]2CCOC2)CC1. The number of rotatable bonds is 4. The second-order valence-corrected chi connectivity index (χ2v) is 8.61. The predicted octanol–water partition coefficient (Wildman–Crippen LogP) is 1.70. The van der Waals surface area contributed by atoms with E-state index in [4.69, 9.17) is 4.74 Å². The minimum absolute atomic E-state index is 0.167. The first-order valence-corrected chi connectivity index (χ1v) is 8.64. The lowest BCUT2D eigenvalue weighted by molar-refractivity contribution is -0.130. The minimum atomic E-state index is 0.167. The van der Waals surface area contributed by atoms with Crippen LogP contribution in [-0.4, -0.2) is 72.1 Å². The van der Waals surface area contributed by atoms with E-state index in [0.29, 0.717) is 17.6 Å². The van der Waals surface area contributed by atoms with Gasteiger partial charge in [-0.25, -0.2) is 0 Å². The maximum atomic E-state index is 12.2. The van der Waals surface area contributed by atoms with E-state index in [-0.39, 0.29) is 4.75 Å². The van der Waals surface area contributed by atoms with Crippen molar-refractivity contribution < 1.29 is 9.53 Å². The van der Waals surface area contributed by atoms with Gasteiger partial charge in [-0.2, -0.15) is 0 Å².